The van der Waals surface area contributed by atoms with Crippen LogP contribution in [0, 0.1) is 29.9 Å². The maximum absolute atomic E-state index is 12.4. The Labute approximate surface area is 150 Å². The summed E-state index contributed by atoms with van der Waals surface area (Å²) in [5.41, 5.74) is 2.79. The third kappa shape index (κ3) is 3.56. The zero-order valence-electron chi connectivity index (χ0n) is 14.5. The Bertz CT molecular complexity index is 876. The SMILES string of the molecule is Cc1ccc(N2C[C@H](C(=O)Oc3ccc([N+](=O)[O-])cc3)CC2=O)c(C)c1. The molecule has 0 spiro atoms. The van der Waals surface area contributed by atoms with E-state index in [1.807, 2.05) is 32.0 Å². The van der Waals surface area contributed by atoms with E-state index in [0.29, 0.717) is 0 Å². The second-order valence-corrected chi connectivity index (χ2v) is 6.37. The molecule has 0 radical (unpaired) electrons. The van der Waals surface area contributed by atoms with Gasteiger partial charge in [-0.25, -0.2) is 0 Å². The van der Waals surface area contributed by atoms with Crippen molar-refractivity contribution in [1.29, 1.82) is 0 Å². The fourth-order valence-electron chi connectivity index (χ4n) is 3.04. The van der Waals surface area contributed by atoms with Gasteiger partial charge < -0.3 is 9.64 Å². The summed E-state index contributed by atoms with van der Waals surface area (Å²) in [4.78, 5) is 36.4. The summed E-state index contributed by atoms with van der Waals surface area (Å²) in [6.45, 7) is 4.17. The zero-order valence-corrected chi connectivity index (χ0v) is 14.5. The Hall–Kier alpha value is -3.22. The van der Waals surface area contributed by atoms with Crippen molar-refractivity contribution in [3.8, 4) is 5.75 Å². The van der Waals surface area contributed by atoms with Crippen LogP contribution in [0.2, 0.25) is 0 Å². The molecular weight excluding hydrogens is 336 g/mol. The number of carbonyl (C=O) groups is 2. The van der Waals surface area contributed by atoms with Crippen molar-refractivity contribution >= 4 is 23.3 Å². The van der Waals surface area contributed by atoms with E-state index in [9.17, 15) is 19.7 Å². The number of rotatable bonds is 4. The average molecular weight is 354 g/mol. The fourth-order valence-corrected chi connectivity index (χ4v) is 3.04. The van der Waals surface area contributed by atoms with Gasteiger partial charge in [-0.3, -0.25) is 19.7 Å². The quantitative estimate of drug-likeness (QED) is 0.364. The average Bonchev–Trinajstić information content (AvgIpc) is 2.97. The zero-order chi connectivity index (χ0) is 18.8. The van der Waals surface area contributed by atoms with E-state index in [0.717, 1.165) is 16.8 Å². The van der Waals surface area contributed by atoms with Gasteiger partial charge >= 0.3 is 5.97 Å². The van der Waals surface area contributed by atoms with Crippen LogP contribution in [0.15, 0.2) is 42.5 Å². The first-order valence-corrected chi connectivity index (χ1v) is 8.19. The second-order valence-electron chi connectivity index (χ2n) is 6.37. The van der Waals surface area contributed by atoms with E-state index in [-0.39, 0.29) is 30.3 Å². The van der Waals surface area contributed by atoms with Crippen LogP contribution < -0.4 is 9.64 Å². The van der Waals surface area contributed by atoms with Crippen LogP contribution in [0.4, 0.5) is 11.4 Å². The van der Waals surface area contributed by atoms with E-state index in [1.54, 1.807) is 4.90 Å². The lowest BCUT2D eigenvalue weighted by Gasteiger charge is -2.19. The van der Waals surface area contributed by atoms with E-state index in [4.69, 9.17) is 4.74 Å². The van der Waals surface area contributed by atoms with Crippen LogP contribution >= 0.6 is 0 Å². The molecule has 0 aromatic heterocycles. The highest BCUT2D eigenvalue weighted by Crippen LogP contribution is 2.29. The molecule has 1 amide bonds. The molecule has 2 aromatic carbocycles. The third-order valence-corrected chi connectivity index (χ3v) is 4.37. The molecule has 1 aliphatic heterocycles. The largest absolute Gasteiger partial charge is 0.426 e. The number of esters is 1. The standard InChI is InChI=1S/C19H18N2O5/c1-12-3-8-17(13(2)9-12)20-11-14(10-18(20)22)19(23)26-16-6-4-15(5-7-16)21(24)25/h3-9,14H,10-11H2,1-2H3/t14-/m1/s1. The molecule has 3 rings (SSSR count). The van der Waals surface area contributed by atoms with Gasteiger partial charge in [0, 0.05) is 30.8 Å². The van der Waals surface area contributed by atoms with E-state index in [1.165, 1.54) is 24.3 Å². The predicted octanol–water partition coefficient (Wildman–Crippen LogP) is 3.17. The van der Waals surface area contributed by atoms with Gasteiger partial charge in [-0.15, -0.1) is 0 Å². The molecule has 1 saturated heterocycles. The normalized spacial score (nSPS) is 16.6. The maximum Gasteiger partial charge on any atom is 0.316 e. The van der Waals surface area contributed by atoms with Crippen molar-refractivity contribution in [2.24, 2.45) is 5.92 Å². The van der Waals surface area contributed by atoms with Crippen LogP contribution in [0.5, 0.6) is 5.75 Å². The Kier molecular flexibility index (Phi) is 4.71. The first-order valence-electron chi connectivity index (χ1n) is 8.19. The van der Waals surface area contributed by atoms with Crippen LogP contribution in [0.1, 0.15) is 17.5 Å². The van der Waals surface area contributed by atoms with Crippen LogP contribution in [-0.2, 0) is 9.59 Å². The number of benzene rings is 2. The molecule has 0 unspecified atom stereocenters. The minimum absolute atomic E-state index is 0.0816. The second kappa shape index (κ2) is 6.95. The van der Waals surface area contributed by atoms with Crippen LogP contribution in [-0.4, -0.2) is 23.3 Å². The summed E-state index contributed by atoms with van der Waals surface area (Å²) in [5.74, 6) is -0.988. The van der Waals surface area contributed by atoms with Gasteiger partial charge in [0.2, 0.25) is 5.91 Å². The number of ether oxygens (including phenoxy) is 1. The van der Waals surface area contributed by atoms with Gasteiger partial charge in [0.25, 0.3) is 5.69 Å². The molecule has 0 bridgehead atoms. The molecule has 26 heavy (non-hydrogen) atoms. The first-order chi connectivity index (χ1) is 12.3. The lowest BCUT2D eigenvalue weighted by atomic mass is 10.1. The van der Waals surface area contributed by atoms with Gasteiger partial charge in [-0.2, -0.15) is 0 Å². The molecule has 134 valence electrons. The third-order valence-electron chi connectivity index (χ3n) is 4.37. The summed E-state index contributed by atoms with van der Waals surface area (Å²) in [6, 6.07) is 11.1. The predicted molar refractivity (Wildman–Crippen MR) is 95.1 cm³/mol. The molecule has 7 heteroatoms. The summed E-state index contributed by atoms with van der Waals surface area (Å²) >= 11 is 0. The van der Waals surface area contributed by atoms with Gasteiger partial charge in [0.05, 0.1) is 10.8 Å². The highest BCUT2D eigenvalue weighted by atomic mass is 16.6. The molecule has 0 saturated carbocycles. The summed E-state index contributed by atoms with van der Waals surface area (Å²) in [5, 5.41) is 10.7. The van der Waals surface area contributed by atoms with Crippen LogP contribution in [0.25, 0.3) is 0 Å². The van der Waals surface area contributed by atoms with Crippen molar-refractivity contribution in [1.82, 2.24) is 0 Å². The molecule has 1 fully saturated rings. The van der Waals surface area contributed by atoms with Crippen molar-refractivity contribution < 1.29 is 19.2 Å². The molecule has 2 aromatic rings. The summed E-state index contributed by atoms with van der Waals surface area (Å²) in [6.07, 6.45) is 0.0825. The minimum atomic E-state index is -0.571. The maximum atomic E-state index is 12.4. The van der Waals surface area contributed by atoms with Crippen molar-refractivity contribution in [2.45, 2.75) is 20.3 Å². The number of hydrogen-bond acceptors (Lipinski definition) is 5. The number of aryl methyl sites for hydroxylation is 2. The smallest absolute Gasteiger partial charge is 0.316 e. The molecule has 7 nitrogen and oxygen atoms in total. The fraction of sp³-hybridized carbons (Fsp3) is 0.263. The van der Waals surface area contributed by atoms with Crippen molar-refractivity contribution in [2.75, 3.05) is 11.4 Å². The molecule has 1 aliphatic rings. The highest BCUT2D eigenvalue weighted by molar-refractivity contribution is 6.00. The number of non-ortho nitro benzene ring substituents is 1. The molecule has 0 N–H and O–H groups in total. The van der Waals surface area contributed by atoms with Gasteiger partial charge in [-0.1, -0.05) is 17.7 Å². The number of carbonyl (C=O) groups excluding carboxylic acids is 2. The van der Waals surface area contributed by atoms with Gasteiger partial charge in [-0.05, 0) is 37.6 Å². The molecule has 1 heterocycles. The molecule has 1 atom stereocenters. The number of anilines is 1. The lowest BCUT2D eigenvalue weighted by Crippen LogP contribution is -2.27. The first kappa shape index (κ1) is 17.6. The number of hydrogen-bond donors (Lipinski definition) is 0. The Morgan fingerprint density at radius 1 is 1.19 bits per heavy atom. The number of nitrogens with zero attached hydrogens (tertiary/aromatic N) is 2. The van der Waals surface area contributed by atoms with E-state index >= 15 is 0 Å². The van der Waals surface area contributed by atoms with Crippen molar-refractivity contribution in [3.63, 3.8) is 0 Å². The van der Waals surface area contributed by atoms with E-state index in [2.05, 4.69) is 0 Å². The monoisotopic (exact) mass is 354 g/mol. The Balaban J connectivity index is 1.69. The molecule has 0 aliphatic carbocycles. The summed E-state index contributed by atoms with van der Waals surface area (Å²) < 4.78 is 5.27. The Morgan fingerprint density at radius 3 is 2.50 bits per heavy atom. The number of nitro benzene ring substituents is 1. The van der Waals surface area contributed by atoms with Crippen LogP contribution in [0.3, 0.4) is 0 Å². The topological polar surface area (TPSA) is 89.8 Å². The van der Waals surface area contributed by atoms with E-state index < -0.39 is 16.8 Å². The summed E-state index contributed by atoms with van der Waals surface area (Å²) in [7, 11) is 0. The minimum Gasteiger partial charge on any atom is -0.426 e. The van der Waals surface area contributed by atoms with Gasteiger partial charge in [0.1, 0.15) is 5.75 Å². The number of amides is 1. The van der Waals surface area contributed by atoms with Crippen molar-refractivity contribution in [3.05, 3.63) is 63.7 Å². The Morgan fingerprint density at radius 2 is 1.88 bits per heavy atom. The highest BCUT2D eigenvalue weighted by Gasteiger charge is 2.36. The lowest BCUT2D eigenvalue weighted by molar-refractivity contribution is -0.384. The van der Waals surface area contributed by atoms with Gasteiger partial charge in [0.15, 0.2) is 0 Å². The number of nitro groups is 1. The molecular formula is C19H18N2O5.